The number of piperidine rings is 1. The molecule has 5 rings (SSSR count). The molecule has 0 spiro atoms. The normalized spacial score (nSPS) is 14.1. The molecule has 0 atom stereocenters. The number of fused-ring (bicyclic) bond motifs is 1. The third-order valence-corrected chi connectivity index (χ3v) is 5.58. The van der Waals surface area contributed by atoms with E-state index in [1.54, 1.807) is 12.4 Å². The lowest BCUT2D eigenvalue weighted by Gasteiger charge is -2.26. The van der Waals surface area contributed by atoms with Crippen LogP contribution in [0.3, 0.4) is 0 Å². The number of anilines is 2. The monoisotopic (exact) mass is 442 g/mol. The van der Waals surface area contributed by atoms with E-state index in [0.29, 0.717) is 24.5 Å². The first-order valence-corrected chi connectivity index (χ1v) is 11.2. The summed E-state index contributed by atoms with van der Waals surface area (Å²) >= 11 is 0. The molecule has 33 heavy (non-hydrogen) atoms. The fourth-order valence-electron chi connectivity index (χ4n) is 3.86. The van der Waals surface area contributed by atoms with E-state index in [1.165, 1.54) is 6.42 Å². The Morgan fingerprint density at radius 1 is 1.06 bits per heavy atom. The van der Waals surface area contributed by atoms with Crippen LogP contribution in [0.1, 0.15) is 30.4 Å². The second-order valence-electron chi connectivity index (χ2n) is 7.91. The number of ether oxygens (including phenoxy) is 1. The highest BCUT2D eigenvalue weighted by atomic mass is 16.5. The summed E-state index contributed by atoms with van der Waals surface area (Å²) in [6, 6.07) is 12.3. The maximum Gasteiger partial charge on any atom is 0.323 e. The van der Waals surface area contributed by atoms with Crippen LogP contribution in [-0.2, 0) is 6.42 Å². The zero-order valence-corrected chi connectivity index (χ0v) is 18.3. The molecular formula is C24H26N8O. The van der Waals surface area contributed by atoms with Crippen LogP contribution in [0.25, 0.3) is 10.9 Å². The third kappa shape index (κ3) is 5.25. The van der Waals surface area contributed by atoms with E-state index < -0.39 is 0 Å². The average Bonchev–Trinajstić information content (AvgIpc) is 3.28. The van der Waals surface area contributed by atoms with E-state index in [2.05, 4.69) is 46.4 Å². The van der Waals surface area contributed by atoms with Crippen LogP contribution in [0.2, 0.25) is 0 Å². The number of aromatic nitrogens is 5. The average molecular weight is 443 g/mol. The fourth-order valence-corrected chi connectivity index (χ4v) is 3.86. The van der Waals surface area contributed by atoms with Crippen molar-refractivity contribution in [3.8, 4) is 6.01 Å². The molecule has 0 aliphatic carbocycles. The molecule has 0 saturated carbocycles. The van der Waals surface area contributed by atoms with Crippen LogP contribution < -0.4 is 15.1 Å². The maximum absolute atomic E-state index is 5.88. The van der Waals surface area contributed by atoms with Gasteiger partial charge in [-0.05, 0) is 37.0 Å². The maximum atomic E-state index is 5.88. The van der Waals surface area contributed by atoms with Crippen LogP contribution in [0, 0.1) is 0 Å². The molecule has 4 heterocycles. The number of nitrogens with zero attached hydrogens (tertiary/aromatic N) is 6. The van der Waals surface area contributed by atoms with Gasteiger partial charge in [0.1, 0.15) is 0 Å². The second-order valence-corrected chi connectivity index (χ2v) is 7.91. The first kappa shape index (κ1) is 20.9. The van der Waals surface area contributed by atoms with Gasteiger partial charge in [-0.15, -0.1) is 0 Å². The second kappa shape index (κ2) is 10.1. The van der Waals surface area contributed by atoms with E-state index in [1.807, 2.05) is 42.7 Å². The lowest BCUT2D eigenvalue weighted by molar-refractivity contribution is 0.295. The molecule has 1 saturated heterocycles. The summed E-state index contributed by atoms with van der Waals surface area (Å²) in [5.41, 5.74) is 6.10. The summed E-state index contributed by atoms with van der Waals surface area (Å²) in [7, 11) is 0. The fraction of sp³-hybridized carbons (Fsp3) is 0.292. The molecule has 0 amide bonds. The predicted molar refractivity (Wildman–Crippen MR) is 129 cm³/mol. The van der Waals surface area contributed by atoms with E-state index in [0.717, 1.165) is 54.4 Å². The Kier molecular flexibility index (Phi) is 6.37. The lowest BCUT2D eigenvalue weighted by atomic mass is 10.1. The van der Waals surface area contributed by atoms with Gasteiger partial charge in [-0.1, -0.05) is 24.3 Å². The number of nitrogens with one attached hydrogen (secondary N) is 2. The SMILES string of the molecule is C(=N\Nc1nc(OCCc2cccnc2)nc(N2CCCCC2)n1)/c1c[nH]c2ccccc12. The van der Waals surface area contributed by atoms with Crippen molar-refractivity contribution >= 4 is 29.0 Å². The number of hydrogen-bond acceptors (Lipinski definition) is 8. The minimum Gasteiger partial charge on any atom is -0.463 e. The first-order chi connectivity index (χ1) is 16.3. The van der Waals surface area contributed by atoms with E-state index in [9.17, 15) is 0 Å². The van der Waals surface area contributed by atoms with Gasteiger partial charge in [-0.2, -0.15) is 20.1 Å². The van der Waals surface area contributed by atoms with Crippen molar-refractivity contribution in [2.75, 3.05) is 30.0 Å². The molecule has 4 aromatic rings. The number of hydrogen-bond donors (Lipinski definition) is 2. The Labute approximate surface area is 192 Å². The van der Waals surface area contributed by atoms with Crippen molar-refractivity contribution < 1.29 is 4.74 Å². The van der Waals surface area contributed by atoms with Crippen LogP contribution >= 0.6 is 0 Å². The van der Waals surface area contributed by atoms with Gasteiger partial charge in [0.15, 0.2) is 0 Å². The predicted octanol–water partition coefficient (Wildman–Crippen LogP) is 3.81. The third-order valence-electron chi connectivity index (χ3n) is 5.58. The van der Waals surface area contributed by atoms with Gasteiger partial charge in [-0.25, -0.2) is 5.43 Å². The van der Waals surface area contributed by atoms with Crippen LogP contribution in [0.5, 0.6) is 6.01 Å². The Hall–Kier alpha value is -4.01. The number of para-hydroxylation sites is 1. The van der Waals surface area contributed by atoms with Gasteiger partial charge >= 0.3 is 6.01 Å². The minimum absolute atomic E-state index is 0.291. The van der Waals surface area contributed by atoms with Crippen molar-refractivity contribution in [3.05, 3.63) is 66.1 Å². The van der Waals surface area contributed by atoms with Gasteiger partial charge in [-0.3, -0.25) is 4.98 Å². The number of H-pyrrole nitrogens is 1. The number of rotatable bonds is 8. The molecule has 168 valence electrons. The Morgan fingerprint density at radius 2 is 1.97 bits per heavy atom. The quantitative estimate of drug-likeness (QED) is 0.316. The minimum atomic E-state index is 0.291. The molecule has 3 aromatic heterocycles. The van der Waals surface area contributed by atoms with E-state index in [-0.39, 0.29) is 0 Å². The summed E-state index contributed by atoms with van der Waals surface area (Å²) in [6.07, 6.45) is 11.5. The van der Waals surface area contributed by atoms with E-state index >= 15 is 0 Å². The molecule has 1 fully saturated rings. The number of benzene rings is 1. The molecule has 9 heteroatoms. The highest BCUT2D eigenvalue weighted by Crippen LogP contribution is 2.20. The Balaban J connectivity index is 1.31. The van der Waals surface area contributed by atoms with Gasteiger partial charge in [0.25, 0.3) is 5.95 Å². The van der Waals surface area contributed by atoms with Crippen LogP contribution in [-0.4, -0.2) is 50.8 Å². The molecule has 0 radical (unpaired) electrons. The largest absolute Gasteiger partial charge is 0.463 e. The van der Waals surface area contributed by atoms with Crippen molar-refractivity contribution in [3.63, 3.8) is 0 Å². The zero-order chi connectivity index (χ0) is 22.3. The number of hydrazone groups is 1. The summed E-state index contributed by atoms with van der Waals surface area (Å²) in [6.45, 7) is 2.31. The first-order valence-electron chi connectivity index (χ1n) is 11.2. The molecule has 1 aliphatic heterocycles. The molecule has 2 N–H and O–H groups in total. The Bertz CT molecular complexity index is 1220. The molecule has 1 aliphatic rings. The smallest absolute Gasteiger partial charge is 0.323 e. The van der Waals surface area contributed by atoms with Gasteiger partial charge in [0.2, 0.25) is 5.95 Å². The van der Waals surface area contributed by atoms with Crippen molar-refractivity contribution in [2.24, 2.45) is 5.10 Å². The summed E-state index contributed by atoms with van der Waals surface area (Å²) in [5.74, 6) is 0.976. The number of pyridine rings is 1. The van der Waals surface area contributed by atoms with Crippen LogP contribution in [0.15, 0.2) is 60.1 Å². The van der Waals surface area contributed by atoms with E-state index in [4.69, 9.17) is 4.74 Å². The molecular weight excluding hydrogens is 416 g/mol. The van der Waals surface area contributed by atoms with Gasteiger partial charge < -0.3 is 14.6 Å². The van der Waals surface area contributed by atoms with Gasteiger partial charge in [0.05, 0.1) is 12.8 Å². The molecule has 1 aromatic carbocycles. The number of aromatic amines is 1. The summed E-state index contributed by atoms with van der Waals surface area (Å²) < 4.78 is 5.88. The summed E-state index contributed by atoms with van der Waals surface area (Å²) in [4.78, 5) is 23.1. The zero-order valence-electron chi connectivity index (χ0n) is 18.3. The van der Waals surface area contributed by atoms with Gasteiger partial charge in [0, 0.05) is 54.6 Å². The lowest BCUT2D eigenvalue weighted by Crippen LogP contribution is -2.31. The highest BCUT2D eigenvalue weighted by Gasteiger charge is 2.17. The molecule has 0 unspecified atom stereocenters. The van der Waals surface area contributed by atoms with Crippen molar-refractivity contribution in [1.29, 1.82) is 0 Å². The Morgan fingerprint density at radius 3 is 2.85 bits per heavy atom. The summed E-state index contributed by atoms with van der Waals surface area (Å²) in [5, 5.41) is 5.46. The van der Waals surface area contributed by atoms with Crippen LogP contribution in [0.4, 0.5) is 11.9 Å². The van der Waals surface area contributed by atoms with Crippen molar-refractivity contribution in [1.82, 2.24) is 24.9 Å². The molecule has 9 nitrogen and oxygen atoms in total. The highest BCUT2D eigenvalue weighted by molar-refractivity contribution is 5.99. The van der Waals surface area contributed by atoms with Crippen molar-refractivity contribution in [2.45, 2.75) is 25.7 Å². The standard InChI is InChI=1S/C24H26N8O/c1-4-12-32(13-5-1)23-28-22(29-24(30-23)33-14-10-18-7-6-11-25-15-18)31-27-17-19-16-26-21-9-3-2-8-20(19)21/h2-3,6-9,11,15-17,26H,1,4-5,10,12-14H2,(H,28,29,30,31)/b27-17+. The topological polar surface area (TPSA) is 104 Å². The molecule has 0 bridgehead atoms.